The zero-order valence-electron chi connectivity index (χ0n) is 9.62. The van der Waals surface area contributed by atoms with Crippen LogP contribution < -0.4 is 0 Å². The third kappa shape index (κ3) is 3.43. The number of hydrogen-bond acceptors (Lipinski definition) is 2. The molecular formula is C12H22BrNO. The van der Waals surface area contributed by atoms with Crippen molar-refractivity contribution in [3.8, 4) is 0 Å². The standard InChI is InChI=1S/C12H22BrNO/c1-10-5-6-14(9-12(10)13)8-11-4-2-3-7-15-11/h10-12H,2-9H2,1H3. The van der Waals surface area contributed by atoms with E-state index < -0.39 is 0 Å². The van der Waals surface area contributed by atoms with E-state index in [0.717, 1.165) is 19.1 Å². The molecular weight excluding hydrogens is 254 g/mol. The van der Waals surface area contributed by atoms with Gasteiger partial charge in [-0.2, -0.15) is 0 Å². The molecule has 0 aliphatic carbocycles. The van der Waals surface area contributed by atoms with Crippen LogP contribution >= 0.6 is 15.9 Å². The van der Waals surface area contributed by atoms with Crippen molar-refractivity contribution in [2.45, 2.75) is 43.5 Å². The summed E-state index contributed by atoms with van der Waals surface area (Å²) in [6, 6.07) is 0. The average molecular weight is 276 g/mol. The van der Waals surface area contributed by atoms with Gasteiger partial charge < -0.3 is 4.74 Å². The van der Waals surface area contributed by atoms with E-state index >= 15 is 0 Å². The van der Waals surface area contributed by atoms with Crippen molar-refractivity contribution in [2.24, 2.45) is 5.92 Å². The second-order valence-corrected chi connectivity index (χ2v) is 6.21. The third-order valence-corrected chi connectivity index (χ3v) is 4.88. The maximum Gasteiger partial charge on any atom is 0.0702 e. The summed E-state index contributed by atoms with van der Waals surface area (Å²) in [4.78, 5) is 3.24. The van der Waals surface area contributed by atoms with Crippen LogP contribution in [0.25, 0.3) is 0 Å². The fourth-order valence-corrected chi connectivity index (χ4v) is 3.16. The SMILES string of the molecule is CC1CCN(CC2CCCCO2)CC1Br. The molecule has 0 bridgehead atoms. The number of hydrogen-bond donors (Lipinski definition) is 0. The second-order valence-electron chi connectivity index (χ2n) is 5.03. The lowest BCUT2D eigenvalue weighted by molar-refractivity contribution is -0.00998. The fourth-order valence-electron chi connectivity index (χ4n) is 2.49. The highest BCUT2D eigenvalue weighted by Crippen LogP contribution is 2.24. The zero-order chi connectivity index (χ0) is 10.7. The van der Waals surface area contributed by atoms with E-state index in [4.69, 9.17) is 4.74 Å². The second kappa shape index (κ2) is 5.65. The van der Waals surface area contributed by atoms with E-state index in [1.165, 1.54) is 38.8 Å². The van der Waals surface area contributed by atoms with Gasteiger partial charge in [-0.05, 0) is 38.1 Å². The van der Waals surface area contributed by atoms with E-state index in [9.17, 15) is 0 Å². The fraction of sp³-hybridized carbons (Fsp3) is 1.00. The summed E-state index contributed by atoms with van der Waals surface area (Å²) in [6.07, 6.45) is 5.70. The van der Waals surface area contributed by atoms with Crippen LogP contribution in [0.4, 0.5) is 0 Å². The predicted molar refractivity (Wildman–Crippen MR) is 66.5 cm³/mol. The minimum atomic E-state index is 0.506. The molecule has 2 saturated heterocycles. The van der Waals surface area contributed by atoms with Gasteiger partial charge in [0, 0.05) is 24.5 Å². The molecule has 0 aromatic heterocycles. The highest BCUT2D eigenvalue weighted by molar-refractivity contribution is 9.09. The van der Waals surface area contributed by atoms with Crippen LogP contribution in [0.1, 0.15) is 32.6 Å². The van der Waals surface area contributed by atoms with Crippen LogP contribution in [0.15, 0.2) is 0 Å². The van der Waals surface area contributed by atoms with Crippen LogP contribution in [-0.2, 0) is 4.74 Å². The number of likely N-dealkylation sites (tertiary alicyclic amines) is 1. The molecule has 2 heterocycles. The molecule has 0 N–H and O–H groups in total. The first-order chi connectivity index (χ1) is 7.25. The van der Waals surface area contributed by atoms with Crippen LogP contribution in [0.2, 0.25) is 0 Å². The molecule has 0 saturated carbocycles. The van der Waals surface area contributed by atoms with Gasteiger partial charge in [-0.15, -0.1) is 0 Å². The predicted octanol–water partition coefficient (Wildman–Crippen LogP) is 2.66. The first kappa shape index (κ1) is 11.9. The van der Waals surface area contributed by atoms with Gasteiger partial charge in [-0.3, -0.25) is 4.90 Å². The molecule has 2 rings (SSSR count). The molecule has 0 aromatic rings. The molecule has 3 unspecified atom stereocenters. The van der Waals surface area contributed by atoms with E-state index in [-0.39, 0.29) is 0 Å². The van der Waals surface area contributed by atoms with Gasteiger partial charge in [0.2, 0.25) is 0 Å². The van der Waals surface area contributed by atoms with E-state index in [0.29, 0.717) is 10.9 Å². The minimum absolute atomic E-state index is 0.506. The molecule has 0 radical (unpaired) electrons. The van der Waals surface area contributed by atoms with Gasteiger partial charge >= 0.3 is 0 Å². The topological polar surface area (TPSA) is 12.5 Å². The first-order valence-corrected chi connectivity index (χ1v) is 7.15. The van der Waals surface area contributed by atoms with Gasteiger partial charge in [0.05, 0.1) is 6.10 Å². The van der Waals surface area contributed by atoms with Gasteiger partial charge in [0.1, 0.15) is 0 Å². The molecule has 2 aliphatic heterocycles. The Kier molecular flexibility index (Phi) is 4.47. The molecule has 2 aliphatic rings. The van der Waals surface area contributed by atoms with Crippen LogP contribution in [0.5, 0.6) is 0 Å². The molecule has 88 valence electrons. The van der Waals surface area contributed by atoms with Crippen molar-refractivity contribution >= 4 is 15.9 Å². The largest absolute Gasteiger partial charge is 0.377 e. The number of rotatable bonds is 2. The monoisotopic (exact) mass is 275 g/mol. The Bertz CT molecular complexity index is 194. The summed E-state index contributed by atoms with van der Waals surface area (Å²) in [6.45, 7) is 6.92. The lowest BCUT2D eigenvalue weighted by atomic mass is 9.98. The smallest absolute Gasteiger partial charge is 0.0702 e. The van der Waals surface area contributed by atoms with Crippen LogP contribution in [0, 0.1) is 5.92 Å². The lowest BCUT2D eigenvalue weighted by Gasteiger charge is -2.37. The van der Waals surface area contributed by atoms with Gasteiger partial charge in [-0.1, -0.05) is 22.9 Å². The van der Waals surface area contributed by atoms with E-state index in [2.05, 4.69) is 27.8 Å². The Balaban J connectivity index is 1.74. The third-order valence-electron chi connectivity index (χ3n) is 3.69. The Morgan fingerprint density at radius 2 is 2.20 bits per heavy atom. The Hall–Kier alpha value is 0.400. The molecule has 0 spiro atoms. The Morgan fingerprint density at radius 3 is 2.87 bits per heavy atom. The molecule has 3 atom stereocenters. The first-order valence-electron chi connectivity index (χ1n) is 6.23. The molecule has 0 amide bonds. The number of halogens is 1. The maximum absolute atomic E-state index is 5.79. The molecule has 15 heavy (non-hydrogen) atoms. The Morgan fingerprint density at radius 1 is 1.33 bits per heavy atom. The lowest BCUT2D eigenvalue weighted by Crippen LogP contribution is -2.44. The van der Waals surface area contributed by atoms with Crippen molar-refractivity contribution in [3.63, 3.8) is 0 Å². The zero-order valence-corrected chi connectivity index (χ0v) is 11.2. The van der Waals surface area contributed by atoms with Gasteiger partial charge in [0.15, 0.2) is 0 Å². The number of nitrogens with zero attached hydrogens (tertiary/aromatic N) is 1. The van der Waals surface area contributed by atoms with Gasteiger partial charge in [0.25, 0.3) is 0 Å². The van der Waals surface area contributed by atoms with Crippen molar-refractivity contribution in [1.29, 1.82) is 0 Å². The van der Waals surface area contributed by atoms with Crippen molar-refractivity contribution in [2.75, 3.05) is 26.2 Å². The quantitative estimate of drug-likeness (QED) is 0.719. The number of ether oxygens (including phenoxy) is 1. The molecule has 3 heteroatoms. The van der Waals surface area contributed by atoms with Crippen LogP contribution in [0.3, 0.4) is 0 Å². The number of alkyl halides is 1. The summed E-state index contributed by atoms with van der Waals surface area (Å²) in [5.41, 5.74) is 0. The highest BCUT2D eigenvalue weighted by Gasteiger charge is 2.26. The summed E-state index contributed by atoms with van der Waals surface area (Å²) in [5.74, 6) is 0.827. The minimum Gasteiger partial charge on any atom is -0.377 e. The van der Waals surface area contributed by atoms with Crippen LogP contribution in [-0.4, -0.2) is 42.1 Å². The van der Waals surface area contributed by atoms with E-state index in [1.807, 2.05) is 0 Å². The Labute approximate surface area is 101 Å². The average Bonchev–Trinajstić information content (AvgIpc) is 2.25. The maximum atomic E-state index is 5.79. The summed E-state index contributed by atoms with van der Waals surface area (Å²) in [5, 5.41) is 0. The summed E-state index contributed by atoms with van der Waals surface area (Å²) < 4.78 is 5.79. The molecule has 0 aromatic carbocycles. The summed E-state index contributed by atoms with van der Waals surface area (Å²) in [7, 11) is 0. The normalized spacial score (nSPS) is 39.2. The molecule has 2 fully saturated rings. The van der Waals surface area contributed by atoms with Crippen molar-refractivity contribution in [3.05, 3.63) is 0 Å². The van der Waals surface area contributed by atoms with Crippen molar-refractivity contribution < 1.29 is 4.74 Å². The van der Waals surface area contributed by atoms with E-state index in [1.54, 1.807) is 0 Å². The highest BCUT2D eigenvalue weighted by atomic mass is 79.9. The van der Waals surface area contributed by atoms with Gasteiger partial charge in [-0.25, -0.2) is 0 Å². The number of piperidine rings is 1. The summed E-state index contributed by atoms with van der Waals surface area (Å²) >= 11 is 3.78. The van der Waals surface area contributed by atoms with Crippen molar-refractivity contribution in [1.82, 2.24) is 4.90 Å². The molecule has 2 nitrogen and oxygen atoms in total.